The van der Waals surface area contributed by atoms with Gasteiger partial charge in [0.15, 0.2) is 0 Å². The van der Waals surface area contributed by atoms with E-state index in [2.05, 4.69) is 15.9 Å². The maximum absolute atomic E-state index is 12.2. The molecule has 1 amide bonds. The summed E-state index contributed by atoms with van der Waals surface area (Å²) in [6.45, 7) is 1.50. The van der Waals surface area contributed by atoms with Crippen LogP contribution in [0.15, 0.2) is 22.7 Å². The summed E-state index contributed by atoms with van der Waals surface area (Å²) in [7, 11) is 0. The van der Waals surface area contributed by atoms with Gasteiger partial charge in [0.2, 0.25) is 0 Å². The third kappa shape index (κ3) is 2.61. The van der Waals surface area contributed by atoms with Gasteiger partial charge in [0.25, 0.3) is 5.91 Å². The Labute approximate surface area is 109 Å². The Morgan fingerprint density at radius 1 is 1.59 bits per heavy atom. The van der Waals surface area contributed by atoms with E-state index in [-0.39, 0.29) is 18.4 Å². The molecule has 0 bridgehead atoms. The number of hydrogen-bond acceptors (Lipinski definition) is 3. The van der Waals surface area contributed by atoms with Gasteiger partial charge in [-0.3, -0.25) is 4.79 Å². The monoisotopic (exact) mass is 298 g/mol. The van der Waals surface area contributed by atoms with Crippen molar-refractivity contribution in [2.45, 2.75) is 6.42 Å². The number of anilines is 1. The minimum Gasteiger partial charge on any atom is -0.398 e. The van der Waals surface area contributed by atoms with Crippen LogP contribution in [0.3, 0.4) is 0 Å². The summed E-state index contributed by atoms with van der Waals surface area (Å²) in [5.41, 5.74) is 6.93. The van der Waals surface area contributed by atoms with Crippen LogP contribution in [-0.4, -0.2) is 35.6 Å². The highest BCUT2D eigenvalue weighted by molar-refractivity contribution is 9.10. The van der Waals surface area contributed by atoms with Gasteiger partial charge in [-0.2, -0.15) is 0 Å². The molecule has 0 saturated carbocycles. The van der Waals surface area contributed by atoms with E-state index < -0.39 is 0 Å². The van der Waals surface area contributed by atoms with Gasteiger partial charge >= 0.3 is 0 Å². The molecule has 17 heavy (non-hydrogen) atoms. The number of aliphatic hydroxyl groups is 1. The quantitative estimate of drug-likeness (QED) is 0.813. The number of carbonyl (C=O) groups excluding carboxylic acids is 1. The highest BCUT2D eigenvalue weighted by Crippen LogP contribution is 2.23. The molecule has 3 N–H and O–H groups in total. The predicted octanol–water partition coefficient (Wildman–Crippen LogP) is 1.49. The lowest BCUT2D eigenvalue weighted by Crippen LogP contribution is -2.29. The summed E-state index contributed by atoms with van der Waals surface area (Å²) < 4.78 is 0.737. The summed E-state index contributed by atoms with van der Waals surface area (Å²) in [5.74, 6) is 0.220. The number of carbonyl (C=O) groups is 1. The maximum atomic E-state index is 12.2. The van der Waals surface area contributed by atoms with Gasteiger partial charge < -0.3 is 15.7 Å². The topological polar surface area (TPSA) is 66.6 Å². The third-order valence-electron chi connectivity index (χ3n) is 3.08. The molecule has 92 valence electrons. The largest absolute Gasteiger partial charge is 0.398 e. The molecule has 1 aromatic carbocycles. The number of rotatable bonds is 2. The summed E-state index contributed by atoms with van der Waals surface area (Å²) >= 11 is 3.31. The van der Waals surface area contributed by atoms with Gasteiger partial charge in [-0.05, 0) is 40.5 Å². The van der Waals surface area contributed by atoms with Crippen LogP contribution in [-0.2, 0) is 0 Å². The molecule has 1 aliphatic heterocycles. The van der Waals surface area contributed by atoms with Gasteiger partial charge in [0.1, 0.15) is 0 Å². The normalized spacial score (nSPS) is 19.6. The maximum Gasteiger partial charge on any atom is 0.253 e. The van der Waals surface area contributed by atoms with Crippen molar-refractivity contribution in [2.75, 3.05) is 25.4 Å². The first-order valence-electron chi connectivity index (χ1n) is 5.57. The minimum atomic E-state index is 0.00153. The molecule has 0 radical (unpaired) electrons. The van der Waals surface area contributed by atoms with E-state index in [0.717, 1.165) is 10.9 Å². The molecule has 1 unspecified atom stereocenters. The van der Waals surface area contributed by atoms with Crippen LogP contribution >= 0.6 is 15.9 Å². The van der Waals surface area contributed by atoms with E-state index in [0.29, 0.717) is 24.3 Å². The molecule has 1 heterocycles. The first kappa shape index (κ1) is 12.4. The molecule has 0 spiro atoms. The molecular formula is C12H15BrN2O2. The van der Waals surface area contributed by atoms with Gasteiger partial charge in [-0.15, -0.1) is 0 Å². The molecule has 2 rings (SSSR count). The third-order valence-corrected chi connectivity index (χ3v) is 3.77. The summed E-state index contributed by atoms with van der Waals surface area (Å²) in [6, 6.07) is 5.19. The summed E-state index contributed by atoms with van der Waals surface area (Å²) in [4.78, 5) is 13.9. The Morgan fingerprint density at radius 3 is 2.94 bits per heavy atom. The molecule has 0 aromatic heterocycles. The molecule has 1 atom stereocenters. The van der Waals surface area contributed by atoms with Crippen molar-refractivity contribution in [3.05, 3.63) is 28.2 Å². The Kier molecular flexibility index (Phi) is 3.69. The minimum absolute atomic E-state index is 0.00153. The van der Waals surface area contributed by atoms with Crippen molar-refractivity contribution in [1.82, 2.24) is 4.90 Å². The number of nitrogens with two attached hydrogens (primary N) is 1. The number of halogens is 1. The number of nitrogen functional groups attached to an aromatic ring is 1. The van der Waals surface area contributed by atoms with Crippen LogP contribution in [0.4, 0.5) is 5.69 Å². The number of amides is 1. The van der Waals surface area contributed by atoms with Gasteiger partial charge in [-0.25, -0.2) is 0 Å². The van der Waals surface area contributed by atoms with Crippen LogP contribution in [0, 0.1) is 5.92 Å². The van der Waals surface area contributed by atoms with Crippen molar-refractivity contribution >= 4 is 27.5 Å². The van der Waals surface area contributed by atoms with E-state index in [9.17, 15) is 4.79 Å². The van der Waals surface area contributed by atoms with Crippen LogP contribution in [0.1, 0.15) is 16.8 Å². The smallest absolute Gasteiger partial charge is 0.253 e. The van der Waals surface area contributed by atoms with E-state index in [4.69, 9.17) is 10.8 Å². The van der Waals surface area contributed by atoms with Gasteiger partial charge in [0, 0.05) is 41.3 Å². The lowest BCUT2D eigenvalue weighted by Gasteiger charge is -2.16. The Bertz CT molecular complexity index is 437. The number of hydrogen-bond donors (Lipinski definition) is 2. The van der Waals surface area contributed by atoms with Crippen LogP contribution in [0.2, 0.25) is 0 Å². The average molecular weight is 299 g/mol. The van der Waals surface area contributed by atoms with Crippen molar-refractivity contribution in [2.24, 2.45) is 5.92 Å². The fourth-order valence-electron chi connectivity index (χ4n) is 2.01. The second-order valence-electron chi connectivity index (χ2n) is 4.32. The van der Waals surface area contributed by atoms with E-state index >= 15 is 0 Å². The molecule has 5 heteroatoms. The molecular weight excluding hydrogens is 284 g/mol. The Hall–Kier alpha value is -1.07. The van der Waals surface area contributed by atoms with Crippen molar-refractivity contribution in [3.63, 3.8) is 0 Å². The molecule has 4 nitrogen and oxygen atoms in total. The zero-order valence-electron chi connectivity index (χ0n) is 9.40. The molecule has 1 fully saturated rings. The Morgan fingerprint density at radius 2 is 2.35 bits per heavy atom. The fraction of sp³-hybridized carbons (Fsp3) is 0.417. The fourth-order valence-corrected chi connectivity index (χ4v) is 2.39. The lowest BCUT2D eigenvalue weighted by molar-refractivity contribution is 0.0782. The van der Waals surface area contributed by atoms with Crippen molar-refractivity contribution in [3.8, 4) is 0 Å². The molecule has 1 aromatic rings. The van der Waals surface area contributed by atoms with Crippen LogP contribution in [0.5, 0.6) is 0 Å². The second kappa shape index (κ2) is 5.06. The van der Waals surface area contributed by atoms with Crippen molar-refractivity contribution in [1.29, 1.82) is 0 Å². The second-order valence-corrected chi connectivity index (χ2v) is 5.18. The van der Waals surface area contributed by atoms with Gasteiger partial charge in [-0.1, -0.05) is 0 Å². The highest BCUT2D eigenvalue weighted by Gasteiger charge is 2.26. The first-order chi connectivity index (χ1) is 8.11. The first-order valence-corrected chi connectivity index (χ1v) is 6.36. The zero-order valence-corrected chi connectivity index (χ0v) is 11.0. The zero-order chi connectivity index (χ0) is 12.4. The van der Waals surface area contributed by atoms with Gasteiger partial charge in [0.05, 0.1) is 0 Å². The van der Waals surface area contributed by atoms with Crippen molar-refractivity contribution < 1.29 is 9.90 Å². The summed E-state index contributed by atoms with van der Waals surface area (Å²) in [5, 5.41) is 9.05. The molecule has 1 saturated heterocycles. The predicted molar refractivity (Wildman–Crippen MR) is 69.7 cm³/mol. The van der Waals surface area contributed by atoms with E-state index in [1.54, 1.807) is 23.1 Å². The average Bonchev–Trinajstić information content (AvgIpc) is 2.80. The lowest BCUT2D eigenvalue weighted by atomic mass is 10.1. The highest BCUT2D eigenvalue weighted by atomic mass is 79.9. The number of benzene rings is 1. The standard InChI is InChI=1S/C12H15BrN2O2/c13-10-5-9(1-2-11(10)14)12(17)15-4-3-8(6-15)7-16/h1-2,5,8,16H,3-4,6-7,14H2. The number of likely N-dealkylation sites (tertiary alicyclic amines) is 1. The van der Waals surface area contributed by atoms with E-state index in [1.807, 2.05) is 0 Å². The molecule has 1 aliphatic rings. The molecule has 0 aliphatic carbocycles. The summed E-state index contributed by atoms with van der Waals surface area (Å²) in [6.07, 6.45) is 0.873. The van der Waals surface area contributed by atoms with Crippen LogP contribution in [0.25, 0.3) is 0 Å². The van der Waals surface area contributed by atoms with E-state index in [1.165, 1.54) is 0 Å². The SMILES string of the molecule is Nc1ccc(C(=O)N2CCC(CO)C2)cc1Br. The number of nitrogens with zero attached hydrogens (tertiary/aromatic N) is 1. The number of aliphatic hydroxyl groups excluding tert-OH is 1. The van der Waals surface area contributed by atoms with Crippen LogP contribution < -0.4 is 5.73 Å². The Balaban J connectivity index is 2.12.